The van der Waals surface area contributed by atoms with Crippen molar-refractivity contribution in [2.24, 2.45) is 11.1 Å². The van der Waals surface area contributed by atoms with Crippen LogP contribution in [0.4, 0.5) is 5.69 Å². The molecule has 0 fully saturated rings. The Bertz CT molecular complexity index is 1150. The minimum atomic E-state index is -0.398. The number of thiophene rings is 1. The van der Waals surface area contributed by atoms with Crippen LogP contribution >= 0.6 is 23.1 Å². The lowest BCUT2D eigenvalue weighted by molar-refractivity contribution is -0.118. The molecule has 2 aromatic rings. The number of hydrogen-bond acceptors (Lipinski definition) is 6. The molecule has 0 saturated carbocycles. The van der Waals surface area contributed by atoms with E-state index in [0.717, 1.165) is 45.3 Å². The highest BCUT2D eigenvalue weighted by Gasteiger charge is 2.45. The Balaban J connectivity index is 1.96. The first-order chi connectivity index (χ1) is 15.3. The van der Waals surface area contributed by atoms with Crippen molar-refractivity contribution in [1.82, 2.24) is 0 Å². The van der Waals surface area contributed by atoms with E-state index in [4.69, 9.17) is 5.73 Å². The summed E-state index contributed by atoms with van der Waals surface area (Å²) in [6.45, 7) is 8.50. The molecule has 2 aliphatic rings. The van der Waals surface area contributed by atoms with E-state index in [0.29, 0.717) is 17.8 Å². The van der Waals surface area contributed by atoms with Crippen LogP contribution in [0.5, 0.6) is 0 Å². The number of carbonyl (C=O) groups excluding carboxylic acids is 1. The van der Waals surface area contributed by atoms with E-state index in [9.17, 15) is 10.1 Å². The molecule has 6 heteroatoms. The van der Waals surface area contributed by atoms with Crippen molar-refractivity contribution in [2.75, 3.05) is 10.7 Å². The summed E-state index contributed by atoms with van der Waals surface area (Å²) >= 11 is 3.42. The lowest BCUT2D eigenvalue weighted by Crippen LogP contribution is -2.42. The van der Waals surface area contributed by atoms with Gasteiger partial charge in [0.25, 0.3) is 0 Å². The van der Waals surface area contributed by atoms with E-state index in [1.54, 1.807) is 23.1 Å². The number of allylic oxidation sites excluding steroid dienone is 3. The van der Waals surface area contributed by atoms with Crippen molar-refractivity contribution in [2.45, 2.75) is 57.1 Å². The highest BCUT2D eigenvalue weighted by molar-refractivity contribution is 8.01. The summed E-state index contributed by atoms with van der Waals surface area (Å²) in [5.41, 5.74) is 11.9. The molecule has 32 heavy (non-hydrogen) atoms. The molecule has 0 unspecified atom stereocenters. The van der Waals surface area contributed by atoms with Gasteiger partial charge in [0.15, 0.2) is 5.78 Å². The number of hydrogen-bond donors (Lipinski definition) is 1. The number of Topliss-reactive ketones (excluding diaryl/α,β-unsaturated/α-hetero) is 1. The number of nitrogens with two attached hydrogens (primary N) is 1. The van der Waals surface area contributed by atoms with Gasteiger partial charge in [-0.1, -0.05) is 39.8 Å². The van der Waals surface area contributed by atoms with E-state index in [2.05, 4.69) is 52.0 Å². The Morgan fingerprint density at radius 1 is 1.22 bits per heavy atom. The molecule has 0 radical (unpaired) electrons. The molecular formula is C26H29N3OS2. The molecule has 0 saturated heterocycles. The van der Waals surface area contributed by atoms with Crippen molar-refractivity contribution in [1.29, 1.82) is 5.26 Å². The Morgan fingerprint density at radius 2 is 1.94 bits per heavy atom. The first-order valence-electron chi connectivity index (χ1n) is 11.1. The standard InChI is InChI=1S/C26H29N3OS2/c1-5-16-7-9-17(10-8-16)29-20-13-26(3,4)14-21(30)23(20)22(19(15-27)24(29)28)18-11-12-32-25(18)31-6-2/h7-12,22H,5-6,13-14,28H2,1-4H3/t22-/m0/s1. The third kappa shape index (κ3) is 3.89. The quantitative estimate of drug-likeness (QED) is 0.522. The van der Waals surface area contributed by atoms with E-state index in [1.165, 1.54) is 5.56 Å². The summed E-state index contributed by atoms with van der Waals surface area (Å²) in [4.78, 5) is 15.6. The van der Waals surface area contributed by atoms with Gasteiger partial charge in [-0.25, -0.2) is 0 Å². The minimum Gasteiger partial charge on any atom is -0.384 e. The molecule has 0 spiro atoms. The highest BCUT2D eigenvalue weighted by Crippen LogP contribution is 2.52. The molecule has 0 bridgehead atoms. The number of anilines is 1. The minimum absolute atomic E-state index is 0.121. The van der Waals surface area contributed by atoms with E-state index < -0.39 is 5.92 Å². The second kappa shape index (κ2) is 8.80. The molecule has 1 aromatic heterocycles. The van der Waals surface area contributed by atoms with Crippen molar-refractivity contribution in [3.8, 4) is 6.07 Å². The van der Waals surface area contributed by atoms with Gasteiger partial charge in [-0.05, 0) is 58.7 Å². The first kappa shape index (κ1) is 22.7. The van der Waals surface area contributed by atoms with Crippen LogP contribution in [0.15, 0.2) is 62.6 Å². The molecule has 1 aliphatic heterocycles. The van der Waals surface area contributed by atoms with Gasteiger partial charge in [0.2, 0.25) is 0 Å². The number of rotatable bonds is 5. The molecular weight excluding hydrogens is 434 g/mol. The molecule has 2 N–H and O–H groups in total. The fourth-order valence-electron chi connectivity index (χ4n) is 4.76. The monoisotopic (exact) mass is 463 g/mol. The molecule has 0 amide bonds. The predicted molar refractivity (Wildman–Crippen MR) is 134 cm³/mol. The van der Waals surface area contributed by atoms with Crippen LogP contribution < -0.4 is 10.6 Å². The van der Waals surface area contributed by atoms with Gasteiger partial charge in [-0.3, -0.25) is 9.69 Å². The van der Waals surface area contributed by atoms with Gasteiger partial charge in [-0.2, -0.15) is 5.26 Å². The molecule has 4 nitrogen and oxygen atoms in total. The van der Waals surface area contributed by atoms with Crippen molar-refractivity contribution >= 4 is 34.6 Å². The molecule has 1 aromatic carbocycles. The number of aryl methyl sites for hydroxylation is 1. The van der Waals surface area contributed by atoms with Crippen LogP contribution in [0.2, 0.25) is 0 Å². The van der Waals surface area contributed by atoms with Gasteiger partial charge in [0, 0.05) is 23.4 Å². The number of ketones is 1. The number of carbonyl (C=O) groups is 1. The zero-order valence-electron chi connectivity index (χ0n) is 19.1. The van der Waals surface area contributed by atoms with Crippen LogP contribution in [0.3, 0.4) is 0 Å². The second-order valence-electron chi connectivity index (χ2n) is 9.10. The summed E-state index contributed by atoms with van der Waals surface area (Å²) in [7, 11) is 0. The maximum absolute atomic E-state index is 13.6. The molecule has 1 atom stereocenters. The Hall–Kier alpha value is -2.49. The van der Waals surface area contributed by atoms with Crippen molar-refractivity contribution in [3.63, 3.8) is 0 Å². The average molecular weight is 464 g/mol. The number of benzene rings is 1. The van der Waals surface area contributed by atoms with Crippen LogP contribution in [-0.2, 0) is 11.2 Å². The number of nitrogens with zero attached hydrogens (tertiary/aromatic N) is 2. The molecule has 1 aliphatic carbocycles. The summed E-state index contributed by atoms with van der Waals surface area (Å²) in [5, 5.41) is 12.3. The zero-order chi connectivity index (χ0) is 23.0. The van der Waals surface area contributed by atoms with Crippen molar-refractivity contribution < 1.29 is 4.79 Å². The van der Waals surface area contributed by atoms with Gasteiger partial charge in [0.05, 0.1) is 21.8 Å². The van der Waals surface area contributed by atoms with Gasteiger partial charge in [0.1, 0.15) is 5.82 Å². The summed E-state index contributed by atoms with van der Waals surface area (Å²) in [5.74, 6) is 1.09. The predicted octanol–water partition coefficient (Wildman–Crippen LogP) is 6.36. The Morgan fingerprint density at radius 3 is 2.56 bits per heavy atom. The summed E-state index contributed by atoms with van der Waals surface area (Å²) < 4.78 is 1.16. The normalized spacial score (nSPS) is 20.4. The average Bonchev–Trinajstić information content (AvgIpc) is 3.20. The second-order valence-corrected chi connectivity index (χ2v) is 11.5. The van der Waals surface area contributed by atoms with E-state index in [-0.39, 0.29) is 11.2 Å². The van der Waals surface area contributed by atoms with Crippen LogP contribution in [0.25, 0.3) is 0 Å². The van der Waals surface area contributed by atoms with Gasteiger partial charge >= 0.3 is 0 Å². The zero-order valence-corrected chi connectivity index (χ0v) is 20.7. The summed E-state index contributed by atoms with van der Waals surface area (Å²) in [6, 6.07) is 12.7. The highest BCUT2D eigenvalue weighted by atomic mass is 32.2. The Labute approximate surface area is 198 Å². The third-order valence-electron chi connectivity index (χ3n) is 6.23. The molecule has 166 valence electrons. The largest absolute Gasteiger partial charge is 0.384 e. The van der Waals surface area contributed by atoms with Crippen molar-refractivity contribution in [3.05, 3.63) is 69.5 Å². The fraction of sp³-hybridized carbons (Fsp3) is 0.385. The SMILES string of the molecule is CCSc1sccc1[C@H]1C(C#N)=C(N)N(c2ccc(CC)cc2)C2=C1C(=O)CC(C)(C)C2. The van der Waals surface area contributed by atoms with E-state index >= 15 is 0 Å². The van der Waals surface area contributed by atoms with Crippen LogP contribution in [0, 0.1) is 16.7 Å². The lowest BCUT2D eigenvalue weighted by atomic mass is 9.69. The van der Waals surface area contributed by atoms with Gasteiger partial charge < -0.3 is 5.73 Å². The smallest absolute Gasteiger partial charge is 0.162 e. The van der Waals surface area contributed by atoms with E-state index in [1.807, 2.05) is 22.4 Å². The molecule has 4 rings (SSSR count). The molecule has 2 heterocycles. The Kier molecular flexibility index (Phi) is 6.24. The number of nitriles is 1. The maximum atomic E-state index is 13.6. The third-order valence-corrected chi connectivity index (χ3v) is 8.38. The lowest BCUT2D eigenvalue weighted by Gasteiger charge is -2.43. The maximum Gasteiger partial charge on any atom is 0.162 e. The van der Waals surface area contributed by atoms with Crippen LogP contribution in [-0.4, -0.2) is 11.5 Å². The number of thioether (sulfide) groups is 1. The topological polar surface area (TPSA) is 70.1 Å². The van der Waals surface area contributed by atoms with Crippen LogP contribution in [0.1, 0.15) is 57.6 Å². The van der Waals surface area contributed by atoms with Gasteiger partial charge in [-0.15, -0.1) is 23.1 Å². The first-order valence-corrected chi connectivity index (χ1v) is 12.9. The summed E-state index contributed by atoms with van der Waals surface area (Å²) in [6.07, 6.45) is 2.16. The fourth-order valence-corrected chi connectivity index (χ4v) is 6.83.